The molecule has 4 rings (SSSR count). The molecule has 1 aromatic heterocycles. The summed E-state index contributed by atoms with van der Waals surface area (Å²) >= 11 is 0. The molecule has 1 atom stereocenters. The molecule has 0 aliphatic carbocycles. The summed E-state index contributed by atoms with van der Waals surface area (Å²) in [5, 5.41) is 11.4. The molecule has 1 amide bonds. The average molecular weight is 390 g/mol. The van der Waals surface area contributed by atoms with Crippen molar-refractivity contribution in [3.05, 3.63) is 17.4 Å². The first-order chi connectivity index (χ1) is 13.5. The van der Waals surface area contributed by atoms with Crippen LogP contribution in [0.25, 0.3) is 11.0 Å². The minimum atomic E-state index is -0.667. The number of benzene rings is 1. The lowest BCUT2D eigenvalue weighted by Gasteiger charge is -2.33. The quantitative estimate of drug-likeness (QED) is 0.736. The van der Waals surface area contributed by atoms with E-state index in [0.29, 0.717) is 32.5 Å². The summed E-state index contributed by atoms with van der Waals surface area (Å²) in [6.07, 6.45) is -0.0563. The van der Waals surface area contributed by atoms with Gasteiger partial charge in [-0.2, -0.15) is 5.26 Å². The van der Waals surface area contributed by atoms with E-state index in [4.69, 9.17) is 19.3 Å². The summed E-state index contributed by atoms with van der Waals surface area (Å²) in [5.74, 6) is -0.513. The van der Waals surface area contributed by atoms with E-state index in [0.717, 1.165) is 0 Å². The predicted octanol–water partition coefficient (Wildman–Crippen LogP) is 2.49. The molecule has 3 heterocycles. The number of ether oxygens (including phenoxy) is 2. The lowest BCUT2D eigenvalue weighted by atomic mass is 10.1. The van der Waals surface area contributed by atoms with E-state index in [1.807, 2.05) is 6.92 Å². The number of nitriles is 1. The molecule has 0 bridgehead atoms. The third-order valence-corrected chi connectivity index (χ3v) is 4.39. The van der Waals surface area contributed by atoms with Crippen molar-refractivity contribution < 1.29 is 28.0 Å². The summed E-state index contributed by atoms with van der Waals surface area (Å²) in [5.41, 5.74) is 0.259. The second-order valence-electron chi connectivity index (χ2n) is 6.25. The van der Waals surface area contributed by atoms with Gasteiger partial charge in [-0.25, -0.2) is 9.18 Å². The van der Waals surface area contributed by atoms with E-state index >= 15 is 4.39 Å². The Kier molecular flexibility index (Phi) is 5.75. The Balaban J connectivity index is 0.000000706. The minimum Gasteiger partial charge on any atom is -0.447 e. The fourth-order valence-corrected chi connectivity index (χ4v) is 3.25. The summed E-state index contributed by atoms with van der Waals surface area (Å²) in [6.45, 7) is 5.20. The number of amides is 1. The highest BCUT2D eigenvalue weighted by Crippen LogP contribution is 2.36. The lowest BCUT2D eigenvalue weighted by Crippen LogP contribution is -2.42. The molecule has 148 valence electrons. The number of hydrogen-bond acceptors (Lipinski definition) is 8. The van der Waals surface area contributed by atoms with Crippen LogP contribution in [0.3, 0.4) is 0 Å². The molecule has 0 spiro atoms. The topological polar surface area (TPSA) is 109 Å². The smallest absolute Gasteiger partial charge is 0.415 e. The second-order valence-corrected chi connectivity index (χ2v) is 6.25. The van der Waals surface area contributed by atoms with E-state index in [1.54, 1.807) is 11.0 Å². The maximum atomic E-state index is 15.1. The van der Waals surface area contributed by atoms with Gasteiger partial charge in [-0.3, -0.25) is 9.69 Å². The number of morpholine rings is 1. The number of anilines is 2. The zero-order valence-corrected chi connectivity index (χ0v) is 15.5. The minimum absolute atomic E-state index is 0.0759. The number of aromatic nitrogens is 1. The van der Waals surface area contributed by atoms with Crippen molar-refractivity contribution in [3.63, 3.8) is 0 Å². The van der Waals surface area contributed by atoms with Crippen molar-refractivity contribution in [2.45, 2.75) is 20.0 Å². The van der Waals surface area contributed by atoms with Gasteiger partial charge in [-0.1, -0.05) is 5.16 Å². The summed E-state index contributed by atoms with van der Waals surface area (Å²) in [6, 6.07) is 3.25. The van der Waals surface area contributed by atoms with Crippen LogP contribution in [0.2, 0.25) is 0 Å². The van der Waals surface area contributed by atoms with Crippen LogP contribution in [0.15, 0.2) is 10.6 Å². The predicted molar refractivity (Wildman–Crippen MR) is 97.0 cm³/mol. The highest BCUT2D eigenvalue weighted by molar-refractivity contribution is 6.03. The first-order valence-corrected chi connectivity index (χ1v) is 8.70. The number of fused-ring (bicyclic) bond motifs is 1. The Hall–Kier alpha value is -3.19. The van der Waals surface area contributed by atoms with Crippen LogP contribution in [0.1, 0.15) is 24.2 Å². The lowest BCUT2D eigenvalue weighted by molar-refractivity contribution is 0.0529. The fraction of sp³-hybridized carbons (Fsp3) is 0.444. The van der Waals surface area contributed by atoms with E-state index in [-0.39, 0.29) is 40.7 Å². The van der Waals surface area contributed by atoms with Crippen molar-refractivity contribution in [1.82, 2.24) is 5.16 Å². The number of aldehydes is 1. The summed E-state index contributed by atoms with van der Waals surface area (Å²) in [4.78, 5) is 26.4. The first-order valence-electron chi connectivity index (χ1n) is 8.70. The van der Waals surface area contributed by atoms with Crippen LogP contribution in [0.4, 0.5) is 20.7 Å². The molecule has 1 unspecified atom stereocenters. The van der Waals surface area contributed by atoms with E-state index in [9.17, 15) is 9.59 Å². The molecular formula is C18H19FN4O5. The third kappa shape index (κ3) is 3.48. The number of cyclic esters (lactones) is 1. The fourth-order valence-electron chi connectivity index (χ4n) is 3.25. The van der Waals surface area contributed by atoms with Gasteiger partial charge in [-0.05, 0) is 13.0 Å². The number of halogens is 1. The zero-order chi connectivity index (χ0) is 20.3. The molecule has 2 aromatic rings. The summed E-state index contributed by atoms with van der Waals surface area (Å²) < 4.78 is 30.6. The highest BCUT2D eigenvalue weighted by Gasteiger charge is 2.32. The average Bonchev–Trinajstić information content (AvgIpc) is 3.28. The molecule has 2 fully saturated rings. The van der Waals surface area contributed by atoms with Crippen molar-refractivity contribution in [2.24, 2.45) is 0 Å². The number of nitrogens with zero attached hydrogens (tertiary/aromatic N) is 4. The zero-order valence-electron chi connectivity index (χ0n) is 15.5. The molecule has 28 heavy (non-hydrogen) atoms. The van der Waals surface area contributed by atoms with Gasteiger partial charge < -0.3 is 18.9 Å². The highest BCUT2D eigenvalue weighted by atomic mass is 19.1. The molecule has 10 heteroatoms. The standard InChI is InChI=1S/C16H16FN3O5.C2H3N/c1-9-7-19(2-4-23-9)13-10(8-21)6-11-14(12(13)17)25-18-15(11)20-3-5-24-16(20)22;1-2-3/h6,8-9H,2-5,7H2,1H3;1H3. The van der Waals surface area contributed by atoms with Crippen molar-refractivity contribution >= 4 is 34.9 Å². The molecule has 2 aliphatic rings. The maximum Gasteiger partial charge on any atom is 0.415 e. The Bertz CT molecular complexity index is 938. The van der Waals surface area contributed by atoms with Crippen LogP contribution in [0, 0.1) is 17.1 Å². The van der Waals surface area contributed by atoms with Gasteiger partial charge in [0.05, 0.1) is 36.4 Å². The molecule has 9 nitrogen and oxygen atoms in total. The molecule has 0 saturated carbocycles. The first kappa shape index (κ1) is 19.6. The maximum absolute atomic E-state index is 15.1. The van der Waals surface area contributed by atoms with Gasteiger partial charge in [0.1, 0.15) is 6.61 Å². The summed E-state index contributed by atoms with van der Waals surface area (Å²) in [7, 11) is 0. The van der Waals surface area contributed by atoms with Crippen LogP contribution in [-0.2, 0) is 9.47 Å². The molecule has 2 aliphatic heterocycles. The third-order valence-electron chi connectivity index (χ3n) is 4.39. The largest absolute Gasteiger partial charge is 0.447 e. The number of carbonyl (C=O) groups is 2. The molecular weight excluding hydrogens is 371 g/mol. The van der Waals surface area contributed by atoms with Crippen LogP contribution in [-0.4, -0.2) is 56.5 Å². The monoisotopic (exact) mass is 390 g/mol. The van der Waals surface area contributed by atoms with Gasteiger partial charge in [0.15, 0.2) is 17.9 Å². The van der Waals surface area contributed by atoms with Crippen LogP contribution in [0.5, 0.6) is 0 Å². The van der Waals surface area contributed by atoms with Crippen LogP contribution < -0.4 is 9.80 Å². The normalized spacial score (nSPS) is 19.1. The van der Waals surface area contributed by atoms with Gasteiger partial charge in [0, 0.05) is 25.6 Å². The Morgan fingerprint density at radius 1 is 1.39 bits per heavy atom. The van der Waals surface area contributed by atoms with Gasteiger partial charge in [-0.15, -0.1) is 0 Å². The molecule has 0 radical (unpaired) electrons. The Morgan fingerprint density at radius 2 is 2.14 bits per heavy atom. The van der Waals surface area contributed by atoms with Gasteiger partial charge in [0.25, 0.3) is 0 Å². The van der Waals surface area contributed by atoms with Gasteiger partial charge >= 0.3 is 6.09 Å². The van der Waals surface area contributed by atoms with Crippen molar-refractivity contribution in [3.8, 4) is 6.07 Å². The van der Waals surface area contributed by atoms with E-state index in [1.165, 1.54) is 17.9 Å². The van der Waals surface area contributed by atoms with Crippen molar-refractivity contribution in [1.29, 1.82) is 5.26 Å². The molecule has 0 N–H and O–H groups in total. The van der Waals surface area contributed by atoms with Gasteiger partial charge in [0.2, 0.25) is 5.58 Å². The molecule has 1 aromatic carbocycles. The van der Waals surface area contributed by atoms with E-state index in [2.05, 4.69) is 5.16 Å². The second kappa shape index (κ2) is 8.22. The van der Waals surface area contributed by atoms with Crippen LogP contribution >= 0.6 is 0 Å². The Labute approximate surface area is 160 Å². The van der Waals surface area contributed by atoms with Crippen molar-refractivity contribution in [2.75, 3.05) is 42.6 Å². The SMILES string of the molecule is CC#N.CC1CN(c2c(C=O)cc3c(N4CCOC4=O)noc3c2F)CCO1. The number of carbonyl (C=O) groups excluding carboxylic acids is 2. The molecule has 2 saturated heterocycles. The Morgan fingerprint density at radius 3 is 2.75 bits per heavy atom. The number of rotatable bonds is 3. The number of hydrogen-bond donors (Lipinski definition) is 0. The van der Waals surface area contributed by atoms with E-state index < -0.39 is 11.9 Å².